The van der Waals surface area contributed by atoms with E-state index in [4.69, 9.17) is 14.7 Å². The topological polar surface area (TPSA) is 74.6 Å². The summed E-state index contributed by atoms with van der Waals surface area (Å²) >= 11 is 0. The van der Waals surface area contributed by atoms with Crippen LogP contribution in [0.5, 0.6) is 5.75 Å². The standard InChI is InChI=1S/C49H54N4O3/c1-7-32-19-46(52(26-32)48(54)31(6)33-11-9-8-10-12-33)43-22-36(25-50-43)34-14-16-38-37(20-34)27-56-47-24-39-35(21-41(38)47)15-17-42-40(39)23-44(51-42)45-18-13-29(4)53(45)49(55)30(5)28(2)3/h8-12,14-17,20-21,24-25,28-32,45-46H,7,13,18-19,22-23,26-27H2,1-6H3/t29-,30-,31?,32-,45-,46-/m0/s1. The van der Waals surface area contributed by atoms with E-state index in [-0.39, 0.29) is 41.8 Å². The molecule has 9 rings (SSSR count). The molecule has 4 aromatic rings. The summed E-state index contributed by atoms with van der Waals surface area (Å²) in [6, 6.07) is 26.0. The number of likely N-dealkylation sites (tertiary alicyclic amines) is 2. The SMILES string of the molecule is CC[C@H]1C[C@@H](C2=NC=C(c3ccc4c(c3)COc3cc5c6c(ccc5cc3-4)N=C([C@@H]3CC[C@H](C)N3C(=O)[C@@H](C)C(C)C)C6)C2)N(C(=O)C(C)c2ccccc2)C1. The van der Waals surface area contributed by atoms with Crippen molar-refractivity contribution in [2.24, 2.45) is 27.7 Å². The van der Waals surface area contributed by atoms with Gasteiger partial charge in [0.05, 0.1) is 23.7 Å². The fourth-order valence-corrected chi connectivity index (χ4v) is 9.86. The van der Waals surface area contributed by atoms with Crippen molar-refractivity contribution in [2.75, 3.05) is 6.54 Å². The first-order valence-electron chi connectivity index (χ1n) is 21.0. The van der Waals surface area contributed by atoms with Crippen LogP contribution in [0.3, 0.4) is 0 Å². The molecule has 0 N–H and O–H groups in total. The normalized spacial score (nSPS) is 23.7. The first-order valence-corrected chi connectivity index (χ1v) is 21.0. The Bertz CT molecular complexity index is 2320. The summed E-state index contributed by atoms with van der Waals surface area (Å²) in [6.45, 7) is 14.1. The summed E-state index contributed by atoms with van der Waals surface area (Å²) in [5, 5.41) is 2.36. The lowest BCUT2D eigenvalue weighted by molar-refractivity contribution is -0.138. The summed E-state index contributed by atoms with van der Waals surface area (Å²) in [7, 11) is 0. The Kier molecular flexibility index (Phi) is 9.46. The molecule has 0 radical (unpaired) electrons. The van der Waals surface area contributed by atoms with Gasteiger partial charge in [-0.3, -0.25) is 19.6 Å². The van der Waals surface area contributed by atoms with E-state index in [9.17, 15) is 9.59 Å². The van der Waals surface area contributed by atoms with Crippen LogP contribution in [0.15, 0.2) is 89.0 Å². The summed E-state index contributed by atoms with van der Waals surface area (Å²) in [5.41, 5.74) is 11.4. The molecule has 7 heteroatoms. The number of hydrogen-bond acceptors (Lipinski definition) is 5. The van der Waals surface area contributed by atoms with Crippen molar-refractivity contribution < 1.29 is 14.3 Å². The van der Waals surface area contributed by atoms with Gasteiger partial charge in [0.1, 0.15) is 12.4 Å². The first kappa shape index (κ1) is 36.6. The van der Waals surface area contributed by atoms with E-state index < -0.39 is 0 Å². The van der Waals surface area contributed by atoms with Gasteiger partial charge in [-0.2, -0.15) is 0 Å². The summed E-state index contributed by atoms with van der Waals surface area (Å²) in [5.74, 6) is 1.97. The minimum Gasteiger partial charge on any atom is -0.488 e. The number of ether oxygens (including phenoxy) is 1. The third kappa shape index (κ3) is 6.28. The fraction of sp³-hybridized carbons (Fsp3) is 0.429. The van der Waals surface area contributed by atoms with Crippen LogP contribution in [0.4, 0.5) is 5.69 Å². The van der Waals surface area contributed by atoms with Crippen molar-refractivity contribution in [1.82, 2.24) is 9.80 Å². The molecule has 7 nitrogen and oxygen atoms in total. The van der Waals surface area contributed by atoms with Gasteiger partial charge in [-0.1, -0.05) is 82.6 Å². The highest BCUT2D eigenvalue weighted by Crippen LogP contribution is 2.45. The lowest BCUT2D eigenvalue weighted by atomic mass is 9.89. The minimum atomic E-state index is -0.182. The molecule has 56 heavy (non-hydrogen) atoms. The number of hydrogen-bond donors (Lipinski definition) is 0. The number of amides is 2. The van der Waals surface area contributed by atoms with Crippen molar-refractivity contribution in [3.63, 3.8) is 0 Å². The maximum atomic E-state index is 13.9. The smallest absolute Gasteiger partial charge is 0.230 e. The van der Waals surface area contributed by atoms with E-state index >= 15 is 0 Å². The Morgan fingerprint density at radius 2 is 1.70 bits per heavy atom. The molecule has 288 valence electrons. The second-order valence-corrected chi connectivity index (χ2v) is 17.4. The van der Waals surface area contributed by atoms with Crippen molar-refractivity contribution >= 4 is 45.3 Å². The minimum absolute atomic E-state index is 0.00513. The predicted octanol–water partition coefficient (Wildman–Crippen LogP) is 10.3. The number of aliphatic imine (C=N–C) groups is 2. The molecule has 6 atom stereocenters. The average Bonchev–Trinajstić information content (AvgIpc) is 4.04. The molecule has 0 bridgehead atoms. The first-order chi connectivity index (χ1) is 27.1. The molecule has 5 aliphatic heterocycles. The fourth-order valence-electron chi connectivity index (χ4n) is 9.86. The molecule has 1 unspecified atom stereocenters. The number of carbonyl (C=O) groups is 2. The van der Waals surface area contributed by atoms with E-state index in [2.05, 4.69) is 99.0 Å². The van der Waals surface area contributed by atoms with Gasteiger partial charge in [-0.15, -0.1) is 0 Å². The molecule has 0 aromatic heterocycles. The second-order valence-electron chi connectivity index (χ2n) is 17.4. The van der Waals surface area contributed by atoms with E-state index in [1.165, 1.54) is 33.0 Å². The molecule has 5 aliphatic rings. The highest BCUT2D eigenvalue weighted by molar-refractivity contribution is 6.07. The third-order valence-electron chi connectivity index (χ3n) is 13.7. The molecule has 0 aliphatic carbocycles. The Hall–Kier alpha value is -5.04. The number of carbonyl (C=O) groups excluding carboxylic acids is 2. The zero-order valence-electron chi connectivity index (χ0n) is 33.7. The monoisotopic (exact) mass is 746 g/mol. The predicted molar refractivity (Wildman–Crippen MR) is 227 cm³/mol. The number of fused-ring (bicyclic) bond motifs is 6. The zero-order valence-corrected chi connectivity index (χ0v) is 33.7. The van der Waals surface area contributed by atoms with Gasteiger partial charge in [0.25, 0.3) is 0 Å². The third-order valence-corrected chi connectivity index (χ3v) is 13.7. The summed E-state index contributed by atoms with van der Waals surface area (Å²) in [6.07, 6.45) is 7.55. The number of benzene rings is 4. The van der Waals surface area contributed by atoms with Gasteiger partial charge in [0.2, 0.25) is 11.8 Å². The van der Waals surface area contributed by atoms with Crippen molar-refractivity contribution in [1.29, 1.82) is 0 Å². The van der Waals surface area contributed by atoms with Crippen LogP contribution >= 0.6 is 0 Å². The number of allylic oxidation sites excluding steroid dienone is 1. The van der Waals surface area contributed by atoms with Gasteiger partial charge < -0.3 is 14.5 Å². The maximum Gasteiger partial charge on any atom is 0.230 e. The zero-order chi connectivity index (χ0) is 38.8. The van der Waals surface area contributed by atoms with Gasteiger partial charge in [-0.25, -0.2) is 0 Å². The maximum absolute atomic E-state index is 13.9. The van der Waals surface area contributed by atoms with E-state index in [1.54, 1.807) is 0 Å². The molecule has 4 aromatic carbocycles. The van der Waals surface area contributed by atoms with Crippen LogP contribution in [-0.2, 0) is 22.6 Å². The van der Waals surface area contributed by atoms with Crippen LogP contribution in [0.2, 0.25) is 0 Å². The highest BCUT2D eigenvalue weighted by atomic mass is 16.5. The summed E-state index contributed by atoms with van der Waals surface area (Å²) in [4.78, 5) is 41.9. The largest absolute Gasteiger partial charge is 0.488 e. The lowest BCUT2D eigenvalue weighted by Crippen LogP contribution is -2.47. The molecule has 5 heterocycles. The van der Waals surface area contributed by atoms with Crippen LogP contribution < -0.4 is 4.74 Å². The van der Waals surface area contributed by atoms with E-state index in [0.717, 1.165) is 84.6 Å². The van der Waals surface area contributed by atoms with Gasteiger partial charge in [-0.05, 0) is 113 Å². The van der Waals surface area contributed by atoms with Crippen LogP contribution in [0.1, 0.15) is 102 Å². The Labute approximate surface area is 331 Å². The molecule has 0 saturated carbocycles. The second kappa shape index (κ2) is 14.5. The molecule has 2 saturated heterocycles. The Morgan fingerprint density at radius 3 is 2.48 bits per heavy atom. The van der Waals surface area contributed by atoms with Crippen LogP contribution in [-0.4, -0.2) is 57.7 Å². The molecular formula is C49H54N4O3. The van der Waals surface area contributed by atoms with E-state index in [0.29, 0.717) is 18.4 Å². The van der Waals surface area contributed by atoms with Gasteiger partial charge >= 0.3 is 0 Å². The van der Waals surface area contributed by atoms with E-state index in [1.807, 2.05) is 31.3 Å². The number of nitrogens with zero attached hydrogens (tertiary/aromatic N) is 4. The Morgan fingerprint density at radius 1 is 0.875 bits per heavy atom. The average molecular weight is 747 g/mol. The lowest BCUT2D eigenvalue weighted by Gasteiger charge is -2.32. The van der Waals surface area contributed by atoms with Crippen molar-refractivity contribution in [2.45, 2.75) is 111 Å². The van der Waals surface area contributed by atoms with Crippen LogP contribution in [0.25, 0.3) is 27.5 Å². The molecule has 0 spiro atoms. The summed E-state index contributed by atoms with van der Waals surface area (Å²) < 4.78 is 6.52. The van der Waals surface area contributed by atoms with Crippen LogP contribution in [0, 0.1) is 17.8 Å². The highest BCUT2D eigenvalue weighted by Gasteiger charge is 2.42. The Balaban J connectivity index is 0.922. The molecule has 2 amide bonds. The molecule has 2 fully saturated rings. The quantitative estimate of drug-likeness (QED) is 0.180. The van der Waals surface area contributed by atoms with Crippen molar-refractivity contribution in [3.05, 3.63) is 101 Å². The van der Waals surface area contributed by atoms with Crippen molar-refractivity contribution in [3.8, 4) is 16.9 Å². The number of rotatable bonds is 8. The molecular weight excluding hydrogens is 693 g/mol. The van der Waals surface area contributed by atoms with Gasteiger partial charge in [0, 0.05) is 54.5 Å². The van der Waals surface area contributed by atoms with Gasteiger partial charge in [0.15, 0.2) is 0 Å².